The van der Waals surface area contributed by atoms with Gasteiger partial charge < -0.3 is 19.7 Å². The predicted octanol–water partition coefficient (Wildman–Crippen LogP) is 3.90. The second-order valence-electron chi connectivity index (χ2n) is 7.95. The van der Waals surface area contributed by atoms with Crippen LogP contribution in [0.2, 0.25) is 0 Å². The van der Waals surface area contributed by atoms with Gasteiger partial charge >= 0.3 is 6.03 Å². The summed E-state index contributed by atoms with van der Waals surface area (Å²) in [7, 11) is 3.33. The molecule has 0 radical (unpaired) electrons. The van der Waals surface area contributed by atoms with E-state index in [0.717, 1.165) is 66.9 Å². The van der Waals surface area contributed by atoms with Crippen LogP contribution >= 0.6 is 11.3 Å². The lowest BCUT2D eigenvalue weighted by Crippen LogP contribution is -2.51. The monoisotopic (exact) mass is 466 g/mol. The summed E-state index contributed by atoms with van der Waals surface area (Å²) >= 11 is 1.68. The van der Waals surface area contributed by atoms with Crippen LogP contribution in [0.1, 0.15) is 10.6 Å². The lowest BCUT2D eigenvalue weighted by Gasteiger charge is -2.34. The molecule has 8 heteroatoms. The van der Waals surface area contributed by atoms with Crippen LogP contribution in [0.15, 0.2) is 53.9 Å². The Morgan fingerprint density at radius 3 is 2.52 bits per heavy atom. The fourth-order valence-electron chi connectivity index (χ4n) is 3.82. The molecule has 1 fully saturated rings. The molecule has 3 aromatic rings. The first-order valence-corrected chi connectivity index (χ1v) is 12.0. The van der Waals surface area contributed by atoms with E-state index in [1.807, 2.05) is 53.4 Å². The van der Waals surface area contributed by atoms with Gasteiger partial charge in [0.1, 0.15) is 16.5 Å². The minimum atomic E-state index is 0.0118. The Morgan fingerprint density at radius 2 is 1.79 bits per heavy atom. The van der Waals surface area contributed by atoms with Gasteiger partial charge in [-0.05, 0) is 36.2 Å². The second-order valence-corrected chi connectivity index (χ2v) is 8.89. The molecular weight excluding hydrogens is 436 g/mol. The maximum Gasteiger partial charge on any atom is 0.317 e. The van der Waals surface area contributed by atoms with Crippen LogP contribution in [0, 0.1) is 0 Å². The zero-order valence-electron chi connectivity index (χ0n) is 19.1. The lowest BCUT2D eigenvalue weighted by atomic mass is 10.1. The van der Waals surface area contributed by atoms with E-state index in [2.05, 4.69) is 15.6 Å². The highest BCUT2D eigenvalue weighted by Gasteiger charge is 2.21. The molecule has 2 aromatic carbocycles. The Balaban J connectivity index is 1.20. The van der Waals surface area contributed by atoms with Crippen molar-refractivity contribution in [3.63, 3.8) is 0 Å². The molecule has 1 aromatic heterocycles. The van der Waals surface area contributed by atoms with E-state index in [-0.39, 0.29) is 6.03 Å². The number of aromatic nitrogens is 1. The van der Waals surface area contributed by atoms with Crippen molar-refractivity contribution in [2.45, 2.75) is 13.0 Å². The number of methoxy groups -OCH3 is 2. The number of hydrogen-bond acceptors (Lipinski definition) is 6. The van der Waals surface area contributed by atoms with E-state index in [1.165, 1.54) is 5.56 Å². The number of amides is 2. The van der Waals surface area contributed by atoms with Crippen LogP contribution in [-0.2, 0) is 13.0 Å². The number of hydrogen-bond donors (Lipinski definition) is 1. The Hall–Kier alpha value is -3.10. The molecule has 1 aliphatic heterocycles. The van der Waals surface area contributed by atoms with Crippen LogP contribution in [0.5, 0.6) is 11.5 Å². The van der Waals surface area contributed by atoms with Crippen molar-refractivity contribution in [2.75, 3.05) is 46.9 Å². The van der Waals surface area contributed by atoms with Crippen molar-refractivity contribution in [3.8, 4) is 22.8 Å². The summed E-state index contributed by atoms with van der Waals surface area (Å²) in [5.74, 6) is 1.68. The number of piperazine rings is 1. The molecule has 1 N–H and O–H groups in total. The summed E-state index contributed by atoms with van der Waals surface area (Å²) in [5, 5.41) is 6.22. The van der Waals surface area contributed by atoms with Gasteiger partial charge in [0.2, 0.25) is 0 Å². The third kappa shape index (κ3) is 6.24. The van der Waals surface area contributed by atoms with E-state index in [9.17, 15) is 4.79 Å². The van der Waals surface area contributed by atoms with Crippen LogP contribution in [-0.4, -0.2) is 67.8 Å². The van der Waals surface area contributed by atoms with Crippen molar-refractivity contribution >= 4 is 17.4 Å². The zero-order chi connectivity index (χ0) is 23.0. The number of nitrogens with zero attached hydrogens (tertiary/aromatic N) is 3. The highest BCUT2D eigenvalue weighted by molar-refractivity contribution is 7.09. The van der Waals surface area contributed by atoms with E-state index in [4.69, 9.17) is 14.5 Å². The molecule has 174 valence electrons. The summed E-state index contributed by atoms with van der Waals surface area (Å²) in [4.78, 5) is 21.6. The lowest BCUT2D eigenvalue weighted by molar-refractivity contribution is 0.135. The van der Waals surface area contributed by atoms with E-state index >= 15 is 0 Å². The van der Waals surface area contributed by atoms with E-state index < -0.39 is 0 Å². The first-order chi connectivity index (χ1) is 16.1. The Labute approximate surface area is 199 Å². The van der Waals surface area contributed by atoms with Gasteiger partial charge in [0.05, 0.1) is 26.5 Å². The number of nitrogens with one attached hydrogen (secondary N) is 1. The predicted molar refractivity (Wildman–Crippen MR) is 131 cm³/mol. The number of benzene rings is 2. The minimum Gasteiger partial charge on any atom is -0.497 e. The average Bonchev–Trinajstić information content (AvgIpc) is 3.33. The number of urea groups is 1. The highest BCUT2D eigenvalue weighted by atomic mass is 32.1. The van der Waals surface area contributed by atoms with Gasteiger partial charge in [-0.15, -0.1) is 11.3 Å². The molecule has 0 aliphatic carbocycles. The first-order valence-electron chi connectivity index (χ1n) is 11.1. The van der Waals surface area contributed by atoms with Gasteiger partial charge in [0.25, 0.3) is 0 Å². The topological polar surface area (TPSA) is 66.9 Å². The maximum atomic E-state index is 12.5. The number of ether oxygens (including phenoxy) is 2. The molecule has 1 saturated heterocycles. The molecule has 1 aliphatic rings. The second kappa shape index (κ2) is 11.2. The molecular formula is C25H30N4O3S. The first kappa shape index (κ1) is 23.1. The Bertz CT molecular complexity index is 1050. The molecule has 0 unspecified atom stereocenters. The fraction of sp³-hybridized carbons (Fsp3) is 0.360. The number of carbonyl (C=O) groups excluding carboxylic acids is 1. The van der Waals surface area contributed by atoms with Crippen LogP contribution in [0.3, 0.4) is 0 Å². The van der Waals surface area contributed by atoms with Crippen LogP contribution in [0.25, 0.3) is 11.3 Å². The van der Waals surface area contributed by atoms with E-state index in [1.54, 1.807) is 25.6 Å². The standard InChI is InChI=1S/C25H30N4O3S/c1-31-21-8-6-19(7-9-21)10-11-26-25(30)29-14-12-28(13-15-29)17-24-27-23(18-33-24)20-4-3-5-22(16-20)32-2/h3-9,16,18H,10-15,17H2,1-2H3,(H,26,30). The van der Waals surface area contributed by atoms with Crippen molar-refractivity contribution in [2.24, 2.45) is 0 Å². The average molecular weight is 467 g/mol. The molecule has 0 atom stereocenters. The SMILES string of the molecule is COc1ccc(CCNC(=O)N2CCN(Cc3nc(-c4cccc(OC)c4)cs3)CC2)cc1. The van der Waals surface area contributed by atoms with Crippen molar-refractivity contribution in [1.29, 1.82) is 0 Å². The van der Waals surface area contributed by atoms with Crippen LogP contribution < -0.4 is 14.8 Å². The van der Waals surface area contributed by atoms with E-state index in [0.29, 0.717) is 6.54 Å². The normalized spacial score (nSPS) is 14.2. The summed E-state index contributed by atoms with van der Waals surface area (Å²) in [5.41, 5.74) is 3.22. The largest absolute Gasteiger partial charge is 0.497 e. The molecule has 33 heavy (non-hydrogen) atoms. The maximum absolute atomic E-state index is 12.5. The summed E-state index contributed by atoms with van der Waals surface area (Å²) in [6.07, 6.45) is 0.801. The molecule has 4 rings (SSSR count). The molecule has 0 bridgehead atoms. The number of rotatable bonds is 8. The van der Waals surface area contributed by atoms with Gasteiger partial charge in [-0.3, -0.25) is 4.90 Å². The molecule has 0 spiro atoms. The summed E-state index contributed by atoms with van der Waals surface area (Å²) < 4.78 is 10.5. The van der Waals surface area contributed by atoms with Gasteiger partial charge in [-0.25, -0.2) is 9.78 Å². The smallest absolute Gasteiger partial charge is 0.317 e. The third-order valence-electron chi connectivity index (χ3n) is 5.78. The molecule has 2 heterocycles. The van der Waals surface area contributed by atoms with Crippen molar-refractivity contribution in [3.05, 3.63) is 64.5 Å². The highest BCUT2D eigenvalue weighted by Crippen LogP contribution is 2.26. The van der Waals surface area contributed by atoms with Gasteiger partial charge in [0.15, 0.2) is 0 Å². The Kier molecular flexibility index (Phi) is 7.80. The molecule has 7 nitrogen and oxygen atoms in total. The van der Waals surface area contributed by atoms with Crippen molar-refractivity contribution < 1.29 is 14.3 Å². The molecule has 2 amide bonds. The van der Waals surface area contributed by atoms with Gasteiger partial charge in [0, 0.05) is 43.7 Å². The quantitative estimate of drug-likeness (QED) is 0.546. The number of thiazole rings is 1. The third-order valence-corrected chi connectivity index (χ3v) is 6.62. The summed E-state index contributed by atoms with van der Waals surface area (Å²) in [6, 6.07) is 15.9. The zero-order valence-corrected chi connectivity index (χ0v) is 19.9. The molecule has 0 saturated carbocycles. The minimum absolute atomic E-state index is 0.0118. The number of carbonyl (C=O) groups is 1. The Morgan fingerprint density at radius 1 is 1.03 bits per heavy atom. The van der Waals surface area contributed by atoms with Gasteiger partial charge in [-0.2, -0.15) is 0 Å². The fourth-order valence-corrected chi connectivity index (χ4v) is 4.66. The summed E-state index contributed by atoms with van der Waals surface area (Å²) in [6.45, 7) is 4.57. The van der Waals surface area contributed by atoms with Gasteiger partial charge in [-0.1, -0.05) is 24.3 Å². The van der Waals surface area contributed by atoms with Crippen LogP contribution in [0.4, 0.5) is 4.79 Å². The van der Waals surface area contributed by atoms with Crippen molar-refractivity contribution in [1.82, 2.24) is 20.1 Å².